The van der Waals surface area contributed by atoms with Gasteiger partial charge in [-0.1, -0.05) is 55.7 Å². The van der Waals surface area contributed by atoms with Gasteiger partial charge in [-0.3, -0.25) is 0 Å². The van der Waals surface area contributed by atoms with Crippen molar-refractivity contribution < 1.29 is 4.74 Å². The zero-order valence-electron chi connectivity index (χ0n) is 9.56. The van der Waals surface area contributed by atoms with E-state index >= 15 is 0 Å². The summed E-state index contributed by atoms with van der Waals surface area (Å²) >= 11 is 0. The molecular weight excluding hydrogens is 196 g/mol. The fourth-order valence-corrected chi connectivity index (χ4v) is 1.51. The lowest BCUT2D eigenvalue weighted by molar-refractivity contribution is 0.291. The van der Waals surface area contributed by atoms with Gasteiger partial charge in [0.05, 0.1) is 6.26 Å². The standard InChI is InChI=1S/C10H10.C5H8O/c1-2-6-9(5-1)10-7-3-4-8-10;1-3-5-6-4-2/h1-5,7H,6,8H2;3-4H,1-2,5H2. The summed E-state index contributed by atoms with van der Waals surface area (Å²) in [5.74, 6) is 0. The summed E-state index contributed by atoms with van der Waals surface area (Å²) in [4.78, 5) is 0. The van der Waals surface area contributed by atoms with Gasteiger partial charge in [-0.05, 0) is 24.0 Å². The molecule has 2 rings (SSSR count). The molecule has 0 saturated carbocycles. The van der Waals surface area contributed by atoms with E-state index in [1.54, 1.807) is 6.08 Å². The topological polar surface area (TPSA) is 9.23 Å². The van der Waals surface area contributed by atoms with Crippen LogP contribution in [-0.2, 0) is 4.74 Å². The lowest BCUT2D eigenvalue weighted by Gasteiger charge is -1.99. The Kier molecular flexibility index (Phi) is 5.79. The van der Waals surface area contributed by atoms with E-state index in [1.165, 1.54) is 17.4 Å². The predicted octanol–water partition coefficient (Wildman–Crippen LogP) is 4.09. The number of hydrogen-bond acceptors (Lipinski definition) is 1. The van der Waals surface area contributed by atoms with Crippen LogP contribution in [0.4, 0.5) is 0 Å². The van der Waals surface area contributed by atoms with E-state index in [9.17, 15) is 0 Å². The van der Waals surface area contributed by atoms with Crippen molar-refractivity contribution >= 4 is 0 Å². The van der Waals surface area contributed by atoms with Crippen molar-refractivity contribution in [2.45, 2.75) is 12.8 Å². The zero-order valence-corrected chi connectivity index (χ0v) is 9.56. The van der Waals surface area contributed by atoms with Gasteiger partial charge in [-0.15, -0.1) is 0 Å². The van der Waals surface area contributed by atoms with Gasteiger partial charge in [0.15, 0.2) is 0 Å². The molecule has 0 spiro atoms. The van der Waals surface area contributed by atoms with Gasteiger partial charge < -0.3 is 4.74 Å². The van der Waals surface area contributed by atoms with Crippen LogP contribution in [0.5, 0.6) is 0 Å². The highest BCUT2D eigenvalue weighted by Gasteiger charge is 2.05. The van der Waals surface area contributed by atoms with Crippen molar-refractivity contribution in [2.24, 2.45) is 0 Å². The molecule has 0 aliphatic heterocycles. The molecular formula is C15H18O. The molecule has 1 nitrogen and oxygen atoms in total. The zero-order chi connectivity index (χ0) is 11.6. The minimum Gasteiger partial charge on any atom is -0.498 e. The molecule has 0 fully saturated rings. The summed E-state index contributed by atoms with van der Waals surface area (Å²) in [6.07, 6.45) is 18.4. The Hall–Kier alpha value is -1.76. The Labute approximate surface area is 97.8 Å². The van der Waals surface area contributed by atoms with Crippen molar-refractivity contribution in [2.75, 3.05) is 6.61 Å². The van der Waals surface area contributed by atoms with Crippen LogP contribution >= 0.6 is 0 Å². The van der Waals surface area contributed by atoms with Gasteiger partial charge in [0.1, 0.15) is 6.61 Å². The summed E-state index contributed by atoms with van der Waals surface area (Å²) in [5, 5.41) is 0. The van der Waals surface area contributed by atoms with Crippen LogP contribution < -0.4 is 0 Å². The molecule has 0 aromatic rings. The Balaban J connectivity index is 0.000000187. The molecule has 0 heterocycles. The Morgan fingerprint density at radius 1 is 1.06 bits per heavy atom. The first-order chi connectivity index (χ1) is 7.88. The summed E-state index contributed by atoms with van der Waals surface area (Å²) in [6, 6.07) is 0. The second-order valence-corrected chi connectivity index (χ2v) is 3.44. The Bertz CT molecular complexity index is 318. The lowest BCUT2D eigenvalue weighted by Crippen LogP contribution is -1.80. The first-order valence-electron chi connectivity index (χ1n) is 5.43. The third kappa shape index (κ3) is 4.18. The number of hydrogen-bond donors (Lipinski definition) is 0. The van der Waals surface area contributed by atoms with Crippen molar-refractivity contribution in [1.29, 1.82) is 0 Å². The molecule has 0 saturated heterocycles. The van der Waals surface area contributed by atoms with E-state index in [2.05, 4.69) is 54.4 Å². The van der Waals surface area contributed by atoms with Gasteiger partial charge in [-0.2, -0.15) is 0 Å². The second-order valence-electron chi connectivity index (χ2n) is 3.44. The van der Waals surface area contributed by atoms with Crippen molar-refractivity contribution in [3.8, 4) is 0 Å². The molecule has 0 bridgehead atoms. The van der Waals surface area contributed by atoms with Gasteiger partial charge in [0.2, 0.25) is 0 Å². The number of ether oxygens (including phenoxy) is 1. The minimum absolute atomic E-state index is 0.559. The van der Waals surface area contributed by atoms with E-state index in [1.807, 2.05) is 0 Å². The third-order valence-electron chi connectivity index (χ3n) is 2.29. The minimum atomic E-state index is 0.559. The maximum absolute atomic E-state index is 4.63. The van der Waals surface area contributed by atoms with Gasteiger partial charge in [0, 0.05) is 0 Å². The molecule has 0 atom stereocenters. The molecule has 2 aliphatic carbocycles. The highest BCUT2D eigenvalue weighted by atomic mass is 16.5. The smallest absolute Gasteiger partial charge is 0.105 e. The van der Waals surface area contributed by atoms with Crippen molar-refractivity contribution in [3.63, 3.8) is 0 Å². The van der Waals surface area contributed by atoms with Crippen LogP contribution in [0, 0.1) is 0 Å². The Morgan fingerprint density at radius 3 is 1.88 bits per heavy atom. The van der Waals surface area contributed by atoms with Crippen LogP contribution in [0.3, 0.4) is 0 Å². The molecule has 0 aromatic heterocycles. The first kappa shape index (κ1) is 12.3. The molecule has 0 aromatic carbocycles. The van der Waals surface area contributed by atoms with Crippen LogP contribution in [0.1, 0.15) is 12.8 Å². The maximum Gasteiger partial charge on any atom is 0.105 e. The highest BCUT2D eigenvalue weighted by molar-refractivity contribution is 5.44. The fourth-order valence-electron chi connectivity index (χ4n) is 1.51. The second kappa shape index (κ2) is 7.52. The molecule has 2 aliphatic rings. The van der Waals surface area contributed by atoms with Crippen LogP contribution in [-0.4, -0.2) is 6.61 Å². The molecule has 0 amide bonds. The van der Waals surface area contributed by atoms with E-state index in [0.29, 0.717) is 6.61 Å². The van der Waals surface area contributed by atoms with Crippen LogP contribution in [0.25, 0.3) is 0 Å². The monoisotopic (exact) mass is 214 g/mol. The average molecular weight is 214 g/mol. The normalized spacial score (nSPS) is 16.0. The molecule has 0 unspecified atom stereocenters. The van der Waals surface area contributed by atoms with Crippen LogP contribution in [0.2, 0.25) is 0 Å². The molecule has 84 valence electrons. The molecule has 16 heavy (non-hydrogen) atoms. The summed E-state index contributed by atoms with van der Waals surface area (Å²) < 4.78 is 4.63. The third-order valence-corrected chi connectivity index (χ3v) is 2.29. The lowest BCUT2D eigenvalue weighted by atomic mass is 10.1. The Morgan fingerprint density at radius 2 is 1.62 bits per heavy atom. The predicted molar refractivity (Wildman–Crippen MR) is 70.0 cm³/mol. The quantitative estimate of drug-likeness (QED) is 0.389. The van der Waals surface area contributed by atoms with E-state index in [-0.39, 0.29) is 0 Å². The summed E-state index contributed by atoms with van der Waals surface area (Å²) in [7, 11) is 0. The van der Waals surface area contributed by atoms with Crippen LogP contribution in [0.15, 0.2) is 73.1 Å². The van der Waals surface area contributed by atoms with Crippen molar-refractivity contribution in [3.05, 3.63) is 73.1 Å². The average Bonchev–Trinajstić information content (AvgIpc) is 2.97. The molecule has 0 radical (unpaired) electrons. The fraction of sp³-hybridized carbons (Fsp3) is 0.200. The van der Waals surface area contributed by atoms with E-state index < -0.39 is 0 Å². The molecule has 0 N–H and O–H groups in total. The SMILES string of the molecule is C1=CCC(C2=CC=CC2)=C1.C=CCOC=C. The van der Waals surface area contributed by atoms with Gasteiger partial charge >= 0.3 is 0 Å². The first-order valence-corrected chi connectivity index (χ1v) is 5.43. The van der Waals surface area contributed by atoms with Gasteiger partial charge in [0.25, 0.3) is 0 Å². The molecule has 1 heteroatoms. The summed E-state index contributed by atoms with van der Waals surface area (Å²) in [6.45, 7) is 7.31. The summed E-state index contributed by atoms with van der Waals surface area (Å²) in [5.41, 5.74) is 2.98. The largest absolute Gasteiger partial charge is 0.498 e. The highest BCUT2D eigenvalue weighted by Crippen LogP contribution is 2.25. The number of rotatable bonds is 4. The number of allylic oxidation sites excluding steroid dienone is 8. The van der Waals surface area contributed by atoms with Gasteiger partial charge in [-0.25, -0.2) is 0 Å². The maximum atomic E-state index is 4.63. The van der Waals surface area contributed by atoms with E-state index in [4.69, 9.17) is 0 Å². The van der Waals surface area contributed by atoms with E-state index in [0.717, 1.165) is 12.8 Å². The van der Waals surface area contributed by atoms with Crippen molar-refractivity contribution in [1.82, 2.24) is 0 Å².